The number of aryl methyl sites for hydroxylation is 1. The zero-order chi connectivity index (χ0) is 22.3. The molecule has 0 radical (unpaired) electrons. The van der Waals surface area contributed by atoms with E-state index in [1.807, 2.05) is 0 Å². The van der Waals surface area contributed by atoms with E-state index in [0.717, 1.165) is 18.4 Å². The topological polar surface area (TPSA) is 103 Å². The van der Waals surface area contributed by atoms with Gasteiger partial charge in [-0.3, -0.25) is 9.52 Å². The van der Waals surface area contributed by atoms with Crippen LogP contribution in [0.15, 0.2) is 58.2 Å². The molecule has 0 saturated carbocycles. The predicted molar refractivity (Wildman–Crippen MR) is 110 cm³/mol. The highest BCUT2D eigenvalue weighted by atomic mass is 32.2. The second kappa shape index (κ2) is 7.51. The van der Waals surface area contributed by atoms with Gasteiger partial charge in [0.2, 0.25) is 10.0 Å². The van der Waals surface area contributed by atoms with Crippen LogP contribution in [0.2, 0.25) is 0 Å². The van der Waals surface area contributed by atoms with Crippen LogP contribution in [0, 0.1) is 11.6 Å². The minimum atomic E-state index is -3.63. The molecule has 11 heteroatoms. The number of rotatable bonds is 5. The first-order valence-electron chi connectivity index (χ1n) is 8.80. The number of ether oxygens (including phenoxy) is 1. The molecule has 0 aliphatic carbocycles. The number of nitrogens with zero attached hydrogens (tertiary/aromatic N) is 2. The zero-order valence-corrected chi connectivity index (χ0v) is 17.0. The lowest BCUT2D eigenvalue weighted by Gasteiger charge is -2.15. The number of fused-ring (bicyclic) bond motifs is 1. The molecule has 3 heterocycles. The van der Waals surface area contributed by atoms with Crippen LogP contribution in [0.4, 0.5) is 14.6 Å². The maximum absolute atomic E-state index is 14.2. The Labute approximate surface area is 174 Å². The Morgan fingerprint density at radius 2 is 1.90 bits per heavy atom. The number of furan rings is 1. The van der Waals surface area contributed by atoms with Crippen molar-refractivity contribution in [3.05, 3.63) is 71.0 Å². The summed E-state index contributed by atoms with van der Waals surface area (Å²) in [5, 5.41) is 0.434. The number of halogens is 2. The van der Waals surface area contributed by atoms with Crippen LogP contribution < -0.4 is 15.0 Å². The summed E-state index contributed by atoms with van der Waals surface area (Å²) in [7, 11) is -2.12. The summed E-state index contributed by atoms with van der Waals surface area (Å²) in [4.78, 5) is 16.3. The van der Waals surface area contributed by atoms with Gasteiger partial charge in [-0.15, -0.1) is 0 Å². The summed E-state index contributed by atoms with van der Waals surface area (Å²) in [5.41, 5.74) is 0.446. The van der Waals surface area contributed by atoms with Gasteiger partial charge < -0.3 is 13.7 Å². The maximum Gasteiger partial charge on any atom is 0.293 e. The van der Waals surface area contributed by atoms with E-state index in [4.69, 9.17) is 9.15 Å². The number of aromatic nitrogens is 2. The Morgan fingerprint density at radius 3 is 2.61 bits per heavy atom. The molecular weight excluding hydrogens is 432 g/mol. The van der Waals surface area contributed by atoms with Crippen LogP contribution in [-0.2, 0) is 17.1 Å². The highest BCUT2D eigenvalue weighted by molar-refractivity contribution is 7.92. The molecule has 8 nitrogen and oxygen atoms in total. The summed E-state index contributed by atoms with van der Waals surface area (Å²) < 4.78 is 65.2. The minimum Gasteiger partial charge on any atom is -0.458 e. The quantitative estimate of drug-likeness (QED) is 0.501. The van der Waals surface area contributed by atoms with Crippen LogP contribution >= 0.6 is 0 Å². The van der Waals surface area contributed by atoms with Crippen molar-refractivity contribution in [2.45, 2.75) is 0 Å². The number of hydrogen-bond acceptors (Lipinski definition) is 6. The predicted octanol–water partition coefficient (Wildman–Crippen LogP) is 3.64. The van der Waals surface area contributed by atoms with E-state index in [1.54, 1.807) is 6.07 Å². The summed E-state index contributed by atoms with van der Waals surface area (Å²) >= 11 is 0. The van der Waals surface area contributed by atoms with Crippen molar-refractivity contribution in [2.75, 3.05) is 11.0 Å². The fourth-order valence-electron chi connectivity index (χ4n) is 3.04. The Balaban J connectivity index is 1.94. The molecule has 1 N–H and O–H groups in total. The third-order valence-electron chi connectivity index (χ3n) is 4.35. The molecule has 0 fully saturated rings. The summed E-state index contributed by atoms with van der Waals surface area (Å²) in [6, 6.07) is 5.77. The Kier molecular flexibility index (Phi) is 4.97. The van der Waals surface area contributed by atoms with Gasteiger partial charge in [-0.05, 0) is 24.3 Å². The molecule has 31 heavy (non-hydrogen) atoms. The van der Waals surface area contributed by atoms with E-state index in [0.29, 0.717) is 22.6 Å². The standard InChI is InChI=1S/C20H15F2N3O5S/c1-25-10-14(12-5-6-29-19(12)20(25)26)13-8-18(24-31(2,27)28)23-9-17(13)30-16-4-3-11(21)7-15(16)22/h3-10H,1-2H3,(H,23,24). The summed E-state index contributed by atoms with van der Waals surface area (Å²) in [6.45, 7) is 0. The molecule has 0 aliphatic heterocycles. The van der Waals surface area contributed by atoms with Crippen molar-refractivity contribution in [3.8, 4) is 22.6 Å². The van der Waals surface area contributed by atoms with Crippen molar-refractivity contribution < 1.29 is 26.4 Å². The second-order valence-electron chi connectivity index (χ2n) is 6.74. The molecule has 3 aromatic heterocycles. The van der Waals surface area contributed by atoms with Gasteiger partial charge in [0.1, 0.15) is 11.6 Å². The van der Waals surface area contributed by atoms with Gasteiger partial charge in [0.05, 0.1) is 18.7 Å². The molecule has 160 valence electrons. The minimum absolute atomic E-state index is 0.0186. The van der Waals surface area contributed by atoms with Crippen molar-refractivity contribution in [1.29, 1.82) is 0 Å². The monoisotopic (exact) mass is 447 g/mol. The van der Waals surface area contributed by atoms with Gasteiger partial charge in [0.25, 0.3) is 5.56 Å². The first-order chi connectivity index (χ1) is 14.6. The van der Waals surface area contributed by atoms with Gasteiger partial charge in [0, 0.05) is 35.8 Å². The first-order valence-corrected chi connectivity index (χ1v) is 10.7. The first kappa shape index (κ1) is 20.5. The lowest BCUT2D eigenvalue weighted by molar-refractivity contribution is 0.437. The van der Waals surface area contributed by atoms with Crippen molar-refractivity contribution in [1.82, 2.24) is 9.55 Å². The lowest BCUT2D eigenvalue weighted by atomic mass is 10.0. The lowest BCUT2D eigenvalue weighted by Crippen LogP contribution is -2.16. The van der Waals surface area contributed by atoms with E-state index >= 15 is 0 Å². The van der Waals surface area contributed by atoms with Gasteiger partial charge in [-0.2, -0.15) is 0 Å². The molecule has 1 aromatic carbocycles. The molecule has 0 unspecified atom stereocenters. The van der Waals surface area contributed by atoms with Gasteiger partial charge in [-0.1, -0.05) is 0 Å². The third-order valence-corrected chi connectivity index (χ3v) is 4.93. The van der Waals surface area contributed by atoms with Gasteiger partial charge in [0.15, 0.2) is 22.9 Å². The van der Waals surface area contributed by atoms with Crippen molar-refractivity contribution in [3.63, 3.8) is 0 Å². The average Bonchev–Trinajstić information content (AvgIpc) is 3.17. The van der Waals surface area contributed by atoms with E-state index in [2.05, 4.69) is 9.71 Å². The van der Waals surface area contributed by atoms with E-state index in [1.165, 1.54) is 36.3 Å². The van der Waals surface area contributed by atoms with Gasteiger partial charge >= 0.3 is 0 Å². The number of pyridine rings is 2. The molecule has 0 aliphatic rings. The van der Waals surface area contributed by atoms with Crippen molar-refractivity contribution in [2.24, 2.45) is 7.05 Å². The summed E-state index contributed by atoms with van der Waals surface area (Å²) in [5.74, 6) is -1.94. The Hall–Kier alpha value is -3.73. The smallest absolute Gasteiger partial charge is 0.293 e. The Morgan fingerprint density at radius 1 is 1.13 bits per heavy atom. The second-order valence-corrected chi connectivity index (χ2v) is 8.49. The van der Waals surface area contributed by atoms with Crippen LogP contribution in [0.5, 0.6) is 11.5 Å². The number of nitrogens with one attached hydrogen (secondary N) is 1. The third kappa shape index (κ3) is 4.12. The van der Waals surface area contributed by atoms with Gasteiger partial charge in [-0.25, -0.2) is 22.2 Å². The molecule has 0 atom stereocenters. The van der Waals surface area contributed by atoms with E-state index in [9.17, 15) is 22.0 Å². The zero-order valence-electron chi connectivity index (χ0n) is 16.2. The largest absolute Gasteiger partial charge is 0.458 e. The SMILES string of the molecule is Cn1cc(-c2cc(NS(C)(=O)=O)ncc2Oc2ccc(F)cc2F)c2ccoc2c1=O. The number of benzene rings is 1. The molecule has 0 bridgehead atoms. The average molecular weight is 447 g/mol. The highest BCUT2D eigenvalue weighted by Gasteiger charge is 2.19. The van der Waals surface area contributed by atoms with Crippen LogP contribution in [0.1, 0.15) is 0 Å². The highest BCUT2D eigenvalue weighted by Crippen LogP contribution is 2.38. The molecule has 0 spiro atoms. The molecule has 0 amide bonds. The molecule has 4 aromatic rings. The van der Waals surface area contributed by atoms with E-state index < -0.39 is 21.7 Å². The maximum atomic E-state index is 14.2. The molecular formula is C20H15F2N3O5S. The number of sulfonamides is 1. The molecule has 0 saturated heterocycles. The van der Waals surface area contributed by atoms with Crippen LogP contribution in [0.3, 0.4) is 0 Å². The summed E-state index contributed by atoms with van der Waals surface area (Å²) in [6.07, 6.45) is 5.01. The fraction of sp³-hybridized carbons (Fsp3) is 0.100. The van der Waals surface area contributed by atoms with Crippen molar-refractivity contribution >= 4 is 26.8 Å². The van der Waals surface area contributed by atoms with E-state index in [-0.39, 0.29) is 28.5 Å². The van der Waals surface area contributed by atoms with Crippen LogP contribution in [-0.4, -0.2) is 24.2 Å². The Bertz CT molecular complexity index is 1480. The fourth-order valence-corrected chi connectivity index (χ4v) is 3.53. The molecule has 4 rings (SSSR count). The number of anilines is 1. The number of hydrogen-bond donors (Lipinski definition) is 1. The normalized spacial score (nSPS) is 11.6. The van der Waals surface area contributed by atoms with Crippen LogP contribution in [0.25, 0.3) is 22.1 Å².